The molecule has 0 amide bonds. The van der Waals surface area contributed by atoms with Gasteiger partial charge in [-0.1, -0.05) is 0 Å². The summed E-state index contributed by atoms with van der Waals surface area (Å²) in [6, 6.07) is 0. The number of rotatable bonds is 8. The summed E-state index contributed by atoms with van der Waals surface area (Å²) in [5, 5.41) is -3.52. The van der Waals surface area contributed by atoms with Gasteiger partial charge in [0.1, 0.15) is 45.0 Å². The second-order valence-electron chi connectivity index (χ2n) is 19.1. The highest BCUT2D eigenvalue weighted by molar-refractivity contribution is 7.24. The Morgan fingerprint density at radius 3 is 0.511 bits per heavy atom. The second-order valence-corrected chi connectivity index (χ2v) is 23.1. The molecule has 480 valence electrons. The van der Waals surface area contributed by atoms with Crippen LogP contribution in [0.5, 0.6) is 0 Å². The summed E-state index contributed by atoms with van der Waals surface area (Å²) in [7, 11) is 0. The molecule has 0 radical (unpaired) electrons. The number of aromatic nitrogens is 4. The van der Waals surface area contributed by atoms with Gasteiger partial charge < -0.3 is 37.9 Å². The smallest absolute Gasteiger partial charge is 0.276 e. The highest BCUT2D eigenvalue weighted by atomic mass is 32.1. The van der Waals surface area contributed by atoms with Gasteiger partial charge in [0.2, 0.25) is 46.4 Å². The van der Waals surface area contributed by atoms with Crippen molar-refractivity contribution < 1.29 is 145 Å². The molecule has 4 aromatic carbocycles. The van der Waals surface area contributed by atoms with Crippen LogP contribution in [0.3, 0.4) is 0 Å². The molecule has 4 fully saturated rings. The Balaban J connectivity index is 0.000000168. The van der Waals surface area contributed by atoms with E-state index >= 15 is 0 Å². The SMILES string of the molecule is O=C(c1nc2c(s1)-c1sc(C(=O)c3c(F)c(F)c(F)c(F)c3F)nc1C1(OCCO1)C21OCCO1)c1c(F)c(F)c(F)c(F)c1F.O=C(c1nc2c(s1)-c1sc(C(=O)c3c(F)c(F)c(F)c(F)c3F)nc1C1(OCCO1)C21OCCO1)c1c(F)c(F)c(F)c(F)c1F. The van der Waals surface area contributed by atoms with Crippen LogP contribution in [0.1, 0.15) is 84.2 Å². The van der Waals surface area contributed by atoms with Gasteiger partial charge >= 0.3 is 0 Å². The van der Waals surface area contributed by atoms with Crippen molar-refractivity contribution in [1.82, 2.24) is 19.9 Å². The standard InChI is InChI=1S/2C26H8F10N2O6S2/c2*27-7-5(8(28)12(32)15(35)11(7)31)17(39)23-37-21-19(45-23)20-22(26(43-3-4-44-26)25(21)41-1-2-42-25)38-24(46-20)18(40)6-9(29)13(33)16(36)14(34)10(6)30/h2*1-4H2. The van der Waals surface area contributed by atoms with Crippen LogP contribution < -0.4 is 0 Å². The van der Waals surface area contributed by atoms with E-state index in [4.69, 9.17) is 37.9 Å². The van der Waals surface area contributed by atoms with E-state index in [1.54, 1.807) is 0 Å². The monoisotopic (exact) mass is 1400 g/mol. The molecule has 6 aliphatic rings. The molecule has 4 saturated heterocycles. The molecule has 0 atom stereocenters. The van der Waals surface area contributed by atoms with Crippen LogP contribution in [0.15, 0.2) is 0 Å². The summed E-state index contributed by atoms with van der Waals surface area (Å²) in [5.41, 5.74) is -8.96. The minimum absolute atomic E-state index is 0.192. The number of ketones is 4. The van der Waals surface area contributed by atoms with Crippen molar-refractivity contribution in [1.29, 1.82) is 0 Å². The fraction of sp³-hybridized carbons (Fsp3) is 0.231. The zero-order valence-electron chi connectivity index (χ0n) is 43.5. The van der Waals surface area contributed by atoms with Gasteiger partial charge in [-0.15, -0.1) is 45.3 Å². The molecular formula is C52H16F20N4O12S4. The summed E-state index contributed by atoms with van der Waals surface area (Å²) >= 11 is 1.16. The fourth-order valence-corrected chi connectivity index (χ4v) is 14.9. The van der Waals surface area contributed by atoms with Crippen LogP contribution in [0, 0.1) is 116 Å². The third kappa shape index (κ3) is 8.43. The lowest BCUT2D eigenvalue weighted by molar-refractivity contribution is -0.368. The third-order valence-corrected chi connectivity index (χ3v) is 18.9. The van der Waals surface area contributed by atoms with Crippen LogP contribution in [-0.4, -0.2) is 95.9 Å². The lowest BCUT2D eigenvalue weighted by Crippen LogP contribution is -2.54. The number of thiazole rings is 4. The van der Waals surface area contributed by atoms with Gasteiger partial charge in [0, 0.05) is 0 Å². The lowest BCUT2D eigenvalue weighted by Gasteiger charge is -2.42. The van der Waals surface area contributed by atoms with E-state index in [0.29, 0.717) is 0 Å². The van der Waals surface area contributed by atoms with Gasteiger partial charge in [-0.3, -0.25) is 19.2 Å². The Labute approximate surface area is 508 Å². The average molecular weight is 1400 g/mol. The predicted molar refractivity (Wildman–Crippen MR) is 259 cm³/mol. The van der Waals surface area contributed by atoms with Crippen molar-refractivity contribution >= 4 is 68.5 Å². The number of ether oxygens (including phenoxy) is 8. The molecule has 40 heteroatoms. The third-order valence-electron chi connectivity index (χ3n) is 14.3. The topological polar surface area (TPSA) is 194 Å². The molecule has 0 unspecified atom stereocenters. The van der Waals surface area contributed by atoms with Crippen LogP contribution in [0.2, 0.25) is 0 Å². The summed E-state index contributed by atoms with van der Waals surface area (Å²) in [6.45, 7) is -1.54. The molecular weight excluding hydrogens is 1380 g/mol. The number of hydrogen-bond acceptors (Lipinski definition) is 20. The first-order valence-electron chi connectivity index (χ1n) is 25.0. The molecule has 4 aromatic heterocycles. The molecule has 2 aliphatic carbocycles. The number of carbonyl (C=O) groups is 4. The minimum Gasteiger partial charge on any atom is -0.338 e. The van der Waals surface area contributed by atoms with E-state index in [1.807, 2.05) is 0 Å². The van der Waals surface area contributed by atoms with Crippen LogP contribution >= 0.6 is 45.3 Å². The number of benzene rings is 4. The Morgan fingerprint density at radius 1 is 0.239 bits per heavy atom. The molecule has 0 bridgehead atoms. The van der Waals surface area contributed by atoms with Crippen LogP contribution in [0.25, 0.3) is 19.5 Å². The zero-order chi connectivity index (χ0) is 66.1. The van der Waals surface area contributed by atoms with E-state index in [0.717, 1.165) is 0 Å². The van der Waals surface area contributed by atoms with Gasteiger partial charge in [0.15, 0.2) is 113 Å². The quantitative estimate of drug-likeness (QED) is 0.0603. The Hall–Kier alpha value is -7.64. The normalized spacial score (nSPS) is 17.6. The van der Waals surface area contributed by atoms with Crippen molar-refractivity contribution in [3.63, 3.8) is 0 Å². The van der Waals surface area contributed by atoms with E-state index < -0.39 is 228 Å². The van der Waals surface area contributed by atoms with E-state index in [2.05, 4.69) is 19.9 Å². The summed E-state index contributed by atoms with van der Waals surface area (Å²) < 4.78 is 329. The Bertz CT molecular complexity index is 3960. The van der Waals surface area contributed by atoms with Crippen molar-refractivity contribution in [2.45, 2.75) is 23.1 Å². The highest BCUT2D eigenvalue weighted by Crippen LogP contribution is 2.63. The van der Waals surface area contributed by atoms with Crippen molar-refractivity contribution in [3.05, 3.63) is 181 Å². The van der Waals surface area contributed by atoms with Crippen molar-refractivity contribution in [3.8, 4) is 19.5 Å². The number of fused-ring (bicyclic) bond motifs is 12. The largest absolute Gasteiger partial charge is 0.338 e. The average Bonchev–Trinajstić information content (AvgIpc) is 1.51. The van der Waals surface area contributed by atoms with E-state index in [1.165, 1.54) is 0 Å². The van der Waals surface area contributed by atoms with Crippen molar-refractivity contribution in [2.75, 3.05) is 52.9 Å². The highest BCUT2D eigenvalue weighted by Gasteiger charge is 2.72. The predicted octanol–water partition coefficient (Wildman–Crippen LogP) is 11.1. The van der Waals surface area contributed by atoms with Gasteiger partial charge in [-0.05, 0) is 0 Å². The number of carbonyl (C=O) groups excluding carboxylic acids is 4. The molecule has 0 saturated carbocycles. The molecule has 8 heterocycles. The zero-order valence-corrected chi connectivity index (χ0v) is 46.8. The maximum atomic E-state index is 14.6. The molecule has 14 rings (SSSR count). The van der Waals surface area contributed by atoms with Gasteiger partial charge in [0.25, 0.3) is 23.1 Å². The lowest BCUT2D eigenvalue weighted by atomic mass is 9.90. The first-order valence-corrected chi connectivity index (χ1v) is 28.2. The van der Waals surface area contributed by atoms with Gasteiger partial charge in [0.05, 0.1) is 72.4 Å². The van der Waals surface area contributed by atoms with Crippen molar-refractivity contribution in [2.24, 2.45) is 0 Å². The summed E-state index contributed by atoms with van der Waals surface area (Å²) in [6.07, 6.45) is 0. The summed E-state index contributed by atoms with van der Waals surface area (Å²) in [5.74, 6) is -65.2. The second kappa shape index (κ2) is 22.0. The first kappa shape index (κ1) is 63.1. The molecule has 0 N–H and O–H groups in total. The number of hydrogen-bond donors (Lipinski definition) is 0. The number of nitrogens with zero attached hydrogens (tertiary/aromatic N) is 4. The fourth-order valence-electron chi connectivity index (χ4n) is 10.4. The Morgan fingerprint density at radius 2 is 0.370 bits per heavy atom. The number of halogens is 20. The van der Waals surface area contributed by atoms with Gasteiger partial charge in [-0.2, -0.15) is 0 Å². The Kier molecular flexibility index (Phi) is 15.1. The first-order chi connectivity index (χ1) is 43.5. The molecule has 92 heavy (non-hydrogen) atoms. The van der Waals surface area contributed by atoms with Gasteiger partial charge in [-0.25, -0.2) is 108 Å². The van der Waals surface area contributed by atoms with Crippen LogP contribution in [0.4, 0.5) is 87.8 Å². The maximum absolute atomic E-state index is 14.6. The summed E-state index contributed by atoms with van der Waals surface area (Å²) in [4.78, 5) is 68.2. The van der Waals surface area contributed by atoms with Crippen LogP contribution in [-0.2, 0) is 61.0 Å². The van der Waals surface area contributed by atoms with E-state index in [9.17, 15) is 107 Å². The minimum atomic E-state index is -2.52. The molecule has 16 nitrogen and oxygen atoms in total. The maximum Gasteiger partial charge on any atom is 0.276 e. The molecule has 8 aromatic rings. The van der Waals surface area contributed by atoms with E-state index in [-0.39, 0.29) is 118 Å². The molecule has 4 aliphatic heterocycles. The molecule has 4 spiro atoms.